The van der Waals surface area contributed by atoms with Crippen LogP contribution in [0.15, 0.2) is 5.11 Å². The van der Waals surface area contributed by atoms with E-state index in [1.54, 1.807) is 34.6 Å². The summed E-state index contributed by atoms with van der Waals surface area (Å²) in [7, 11) is 1.21. The summed E-state index contributed by atoms with van der Waals surface area (Å²) in [6.07, 6.45) is -0.466. The number of carbonyl (C=O) groups is 1. The van der Waals surface area contributed by atoms with Crippen LogP contribution in [0.3, 0.4) is 0 Å². The van der Waals surface area contributed by atoms with Crippen LogP contribution in [0.2, 0.25) is 0 Å². The quantitative estimate of drug-likeness (QED) is 0.324. The van der Waals surface area contributed by atoms with Crippen LogP contribution in [0, 0.1) is 5.21 Å². The molecule has 1 unspecified atom stereocenters. The van der Waals surface area contributed by atoms with E-state index in [0.29, 0.717) is 11.3 Å². The second-order valence-corrected chi connectivity index (χ2v) is 4.63. The van der Waals surface area contributed by atoms with E-state index in [-0.39, 0.29) is 0 Å². The van der Waals surface area contributed by atoms with E-state index < -0.39 is 17.4 Å². The molecule has 0 saturated carbocycles. The maximum atomic E-state index is 11.6. The van der Waals surface area contributed by atoms with Crippen molar-refractivity contribution in [1.82, 2.24) is 0 Å². The van der Waals surface area contributed by atoms with Crippen LogP contribution in [-0.2, 0) is 9.47 Å². The van der Waals surface area contributed by atoms with Crippen molar-refractivity contribution < 1.29 is 19.1 Å². The van der Waals surface area contributed by atoms with E-state index in [0.717, 1.165) is 0 Å². The van der Waals surface area contributed by atoms with Gasteiger partial charge >= 0.3 is 6.16 Å². The van der Waals surface area contributed by atoms with Crippen LogP contribution < -0.4 is 0 Å². The molecule has 0 aliphatic rings. The molecule has 6 nitrogen and oxygen atoms in total. The van der Waals surface area contributed by atoms with E-state index in [2.05, 4.69) is 9.85 Å². The number of rotatable bonds is 3. The molecule has 0 aliphatic heterocycles. The molecule has 0 aliphatic carbocycles. The number of methoxy groups -OCH3 is 1. The van der Waals surface area contributed by atoms with Gasteiger partial charge in [0.15, 0.2) is 5.54 Å². The summed E-state index contributed by atoms with van der Waals surface area (Å²) in [4.78, 5) is 11.5. The van der Waals surface area contributed by atoms with Crippen molar-refractivity contribution in [3.05, 3.63) is 5.21 Å². The molecule has 0 bridgehead atoms. The van der Waals surface area contributed by atoms with Crippen molar-refractivity contribution in [2.75, 3.05) is 7.11 Å². The first-order valence-corrected chi connectivity index (χ1v) is 5.12. The molecule has 1 atom stereocenters. The zero-order chi connectivity index (χ0) is 13.0. The maximum Gasteiger partial charge on any atom is 0.510 e. The predicted octanol–water partition coefficient (Wildman–Crippen LogP) is 2.66. The van der Waals surface area contributed by atoms with Gasteiger partial charge in [0.25, 0.3) is 5.72 Å². The third-order valence-electron chi connectivity index (χ3n) is 2.00. The van der Waals surface area contributed by atoms with Gasteiger partial charge in [0.05, 0.1) is 7.11 Å². The van der Waals surface area contributed by atoms with Gasteiger partial charge in [0.2, 0.25) is 0 Å². The lowest BCUT2D eigenvalue weighted by Crippen LogP contribution is -2.35. The SMILES string of the molecule is CCC(C)(N=[N+]([O-])C(C)(C)C)OC(=O)OC. The minimum Gasteiger partial charge on any atom is -0.599 e. The van der Waals surface area contributed by atoms with E-state index in [1.165, 1.54) is 7.11 Å². The Bertz CT molecular complexity index is 283. The number of hydrogen-bond donors (Lipinski definition) is 0. The van der Waals surface area contributed by atoms with Crippen LogP contribution in [-0.4, -0.2) is 29.4 Å². The van der Waals surface area contributed by atoms with Gasteiger partial charge in [0.1, 0.15) is 0 Å². The summed E-state index contributed by atoms with van der Waals surface area (Å²) in [5.74, 6) is 0. The van der Waals surface area contributed by atoms with Gasteiger partial charge in [-0.05, 0) is 0 Å². The van der Waals surface area contributed by atoms with E-state index in [1.807, 2.05) is 0 Å². The maximum absolute atomic E-state index is 11.6. The number of hydroxylamine groups is 1. The number of nitrogens with zero attached hydrogens (tertiary/aromatic N) is 2. The summed E-state index contributed by atoms with van der Waals surface area (Å²) in [6, 6.07) is 0. The number of azo groups is 1. The van der Waals surface area contributed by atoms with Gasteiger partial charge in [-0.2, -0.15) is 0 Å². The van der Waals surface area contributed by atoms with Gasteiger partial charge in [-0.1, -0.05) is 11.8 Å². The normalized spacial score (nSPS) is 16.5. The monoisotopic (exact) mass is 232 g/mol. The molecule has 0 fully saturated rings. The lowest BCUT2D eigenvalue weighted by molar-refractivity contribution is -0.609. The van der Waals surface area contributed by atoms with Crippen molar-refractivity contribution in [3.63, 3.8) is 0 Å². The highest BCUT2D eigenvalue weighted by Crippen LogP contribution is 2.20. The highest BCUT2D eigenvalue weighted by Gasteiger charge is 2.33. The molecule has 0 aromatic heterocycles. The van der Waals surface area contributed by atoms with Crippen LogP contribution in [0.1, 0.15) is 41.0 Å². The fourth-order valence-corrected chi connectivity index (χ4v) is 0.727. The first-order valence-electron chi connectivity index (χ1n) is 5.12. The molecule has 0 radical (unpaired) electrons. The average Bonchev–Trinajstić information content (AvgIpc) is 2.16. The molecule has 0 rings (SSSR count). The number of ether oxygens (including phenoxy) is 2. The summed E-state index contributed by atoms with van der Waals surface area (Å²) < 4.78 is 9.31. The van der Waals surface area contributed by atoms with Crippen molar-refractivity contribution in [1.29, 1.82) is 0 Å². The Morgan fingerprint density at radius 1 is 1.38 bits per heavy atom. The third-order valence-corrected chi connectivity index (χ3v) is 2.00. The fourth-order valence-electron chi connectivity index (χ4n) is 0.727. The first-order chi connectivity index (χ1) is 7.14. The van der Waals surface area contributed by atoms with Crippen molar-refractivity contribution >= 4 is 6.16 Å². The lowest BCUT2D eigenvalue weighted by Gasteiger charge is -2.23. The highest BCUT2D eigenvalue weighted by molar-refractivity contribution is 5.60. The van der Waals surface area contributed by atoms with Crippen molar-refractivity contribution in [2.24, 2.45) is 5.11 Å². The van der Waals surface area contributed by atoms with Gasteiger partial charge < -0.3 is 14.7 Å². The summed E-state index contributed by atoms with van der Waals surface area (Å²) in [6.45, 7) is 8.48. The first kappa shape index (κ1) is 14.7. The average molecular weight is 232 g/mol. The molecular weight excluding hydrogens is 212 g/mol. The summed E-state index contributed by atoms with van der Waals surface area (Å²) in [5, 5.41) is 15.5. The Morgan fingerprint density at radius 2 is 1.88 bits per heavy atom. The van der Waals surface area contributed by atoms with Gasteiger partial charge in [-0.3, -0.25) is 0 Å². The molecule has 0 aromatic carbocycles. The number of carbonyl (C=O) groups excluding carboxylic acids is 1. The van der Waals surface area contributed by atoms with Gasteiger partial charge in [0, 0.05) is 39.2 Å². The van der Waals surface area contributed by atoms with E-state index in [4.69, 9.17) is 4.74 Å². The molecule has 0 spiro atoms. The molecule has 0 heterocycles. The molecule has 94 valence electrons. The van der Waals surface area contributed by atoms with Crippen molar-refractivity contribution in [3.8, 4) is 0 Å². The second-order valence-electron chi connectivity index (χ2n) is 4.63. The molecule has 0 N–H and O–H groups in total. The standard InChI is InChI=1S/C10H20N2O4/c1-7-10(5,16-8(13)15-6)11-12(14)9(2,3)4/h7H2,1-6H3. The van der Waals surface area contributed by atoms with E-state index >= 15 is 0 Å². The fraction of sp³-hybridized carbons (Fsp3) is 0.900. The molecule has 0 amide bonds. The smallest absolute Gasteiger partial charge is 0.510 e. The highest BCUT2D eigenvalue weighted by atomic mass is 16.7. The molecule has 16 heavy (non-hydrogen) atoms. The summed E-state index contributed by atoms with van der Waals surface area (Å²) >= 11 is 0. The Morgan fingerprint density at radius 3 is 2.19 bits per heavy atom. The van der Waals surface area contributed by atoms with Crippen LogP contribution in [0.25, 0.3) is 0 Å². The largest absolute Gasteiger partial charge is 0.599 e. The Balaban J connectivity index is 4.91. The number of hydrogen-bond acceptors (Lipinski definition) is 5. The van der Waals surface area contributed by atoms with Crippen LogP contribution >= 0.6 is 0 Å². The lowest BCUT2D eigenvalue weighted by atomic mass is 10.1. The van der Waals surface area contributed by atoms with Crippen molar-refractivity contribution in [2.45, 2.75) is 52.3 Å². The molecule has 0 saturated heterocycles. The predicted molar refractivity (Wildman–Crippen MR) is 58.0 cm³/mol. The minimum absolute atomic E-state index is 0.386. The second kappa shape index (κ2) is 5.14. The topological polar surface area (TPSA) is 74.0 Å². The van der Waals surface area contributed by atoms with E-state index in [9.17, 15) is 10.0 Å². The minimum atomic E-state index is -1.19. The third kappa shape index (κ3) is 4.46. The zero-order valence-corrected chi connectivity index (χ0v) is 10.7. The molecule has 0 aromatic rings. The van der Waals surface area contributed by atoms with Gasteiger partial charge in [-0.15, -0.1) is 0 Å². The summed E-state index contributed by atoms with van der Waals surface area (Å²) in [5.41, 5.74) is -1.86. The van der Waals surface area contributed by atoms with Crippen LogP contribution in [0.5, 0.6) is 0 Å². The van der Waals surface area contributed by atoms with Gasteiger partial charge in [-0.25, -0.2) is 4.79 Å². The molecular formula is C10H20N2O4. The zero-order valence-electron chi connectivity index (χ0n) is 10.7. The Hall–Kier alpha value is -1.33. The Kier molecular flexibility index (Phi) is 4.71. The molecule has 6 heteroatoms. The Labute approximate surface area is 95.8 Å². The van der Waals surface area contributed by atoms with Crippen LogP contribution in [0.4, 0.5) is 4.79 Å².